The van der Waals surface area contributed by atoms with Gasteiger partial charge in [0.25, 0.3) is 0 Å². The molecule has 0 spiro atoms. The number of halogens is 1. The summed E-state index contributed by atoms with van der Waals surface area (Å²) in [6, 6.07) is 4.98. The molecule has 8 heteroatoms. The molecule has 1 aromatic carbocycles. The Bertz CT molecular complexity index is 459. The minimum Gasteiger partial charge on any atom is -0.399 e. The van der Waals surface area contributed by atoms with Crippen molar-refractivity contribution in [3.63, 3.8) is 0 Å². The number of rotatable bonds is 3. The molecule has 0 aliphatic rings. The van der Waals surface area contributed by atoms with Crippen molar-refractivity contribution >= 4 is 21.8 Å². The molecule has 0 unspecified atom stereocenters. The van der Waals surface area contributed by atoms with Gasteiger partial charge in [-0.25, -0.2) is 9.18 Å². The number of carbonyl (C=O) groups excluding carboxylic acids is 1. The molecule has 0 atom stereocenters. The quantitative estimate of drug-likeness (QED) is 0.494. The van der Waals surface area contributed by atoms with Crippen molar-refractivity contribution < 1.29 is 43.5 Å². The molecule has 0 aliphatic heterocycles. The van der Waals surface area contributed by atoms with Gasteiger partial charge in [-0.05, 0) is 24.3 Å². The molecule has 0 saturated carbocycles. The van der Waals surface area contributed by atoms with Crippen LogP contribution in [0, 0.1) is 0 Å². The van der Waals surface area contributed by atoms with E-state index in [1.807, 2.05) is 0 Å². The van der Waals surface area contributed by atoms with Gasteiger partial charge in [0.1, 0.15) is 4.90 Å². The van der Waals surface area contributed by atoms with Crippen LogP contribution in [-0.4, -0.2) is 21.1 Å². The molecule has 0 fully saturated rings. The third-order valence-electron chi connectivity index (χ3n) is 1.48. The molecule has 0 amide bonds. The van der Waals surface area contributed by atoms with Crippen LogP contribution in [-0.2, 0) is 40.8 Å². The molecule has 0 aromatic heterocycles. The number of carbonyl (C=O) groups is 1. The fourth-order valence-corrected chi connectivity index (χ4v) is 1.68. The summed E-state index contributed by atoms with van der Waals surface area (Å²) in [5.41, 5.74) is 5.70. The summed E-state index contributed by atoms with van der Waals surface area (Å²) in [4.78, 5) is 10.2. The third kappa shape index (κ3) is 3.92. The summed E-state index contributed by atoms with van der Waals surface area (Å²) in [7, 11) is -4.23. The molecule has 1 rings (SSSR count). The van der Waals surface area contributed by atoms with Crippen molar-refractivity contribution in [2.75, 3.05) is 12.4 Å². The van der Waals surface area contributed by atoms with E-state index >= 15 is 0 Å². The largest absolute Gasteiger partial charge is 0.399 e. The van der Waals surface area contributed by atoms with Gasteiger partial charge in [-0.1, -0.05) is 0 Å². The van der Waals surface area contributed by atoms with E-state index in [2.05, 4.69) is 4.18 Å². The van der Waals surface area contributed by atoms with Gasteiger partial charge in [0.2, 0.25) is 0 Å². The Morgan fingerprint density at radius 2 is 1.81 bits per heavy atom. The molecule has 1 aromatic rings. The van der Waals surface area contributed by atoms with Crippen LogP contribution in [0.4, 0.5) is 10.1 Å². The summed E-state index contributed by atoms with van der Waals surface area (Å²) < 4.78 is 38.2. The van der Waals surface area contributed by atoms with Gasteiger partial charge in [0.15, 0.2) is 6.67 Å². The van der Waals surface area contributed by atoms with Crippen molar-refractivity contribution in [2.45, 2.75) is 4.90 Å². The van der Waals surface area contributed by atoms with Gasteiger partial charge in [-0.15, -0.1) is 0 Å². The van der Waals surface area contributed by atoms with Crippen LogP contribution in [0.5, 0.6) is 0 Å². The monoisotopic (exact) mass is 281 g/mol. The Morgan fingerprint density at radius 3 is 2.25 bits per heavy atom. The zero-order valence-corrected chi connectivity index (χ0v) is 10.4. The second-order valence-electron chi connectivity index (χ2n) is 2.61. The van der Waals surface area contributed by atoms with Crippen LogP contribution >= 0.6 is 0 Å². The second-order valence-corrected chi connectivity index (χ2v) is 4.16. The van der Waals surface area contributed by atoms with Crippen molar-refractivity contribution in [1.82, 2.24) is 0 Å². The molecule has 86 valence electrons. The predicted molar refractivity (Wildman–Crippen MR) is 50.1 cm³/mol. The van der Waals surface area contributed by atoms with Crippen LogP contribution in [0.2, 0.25) is 0 Å². The SMILES string of the molecule is Nc1ccc(S(=O)(=O)OC(=O)CF)cc1.[Ti]. The van der Waals surface area contributed by atoms with E-state index < -0.39 is 22.8 Å². The number of nitrogen functional groups attached to an aromatic ring is 1. The van der Waals surface area contributed by atoms with Gasteiger partial charge >= 0.3 is 16.1 Å². The molecule has 5 nitrogen and oxygen atoms in total. The summed E-state index contributed by atoms with van der Waals surface area (Å²) in [6.07, 6.45) is 0. The average Bonchev–Trinajstić information content (AvgIpc) is 2.17. The molecule has 0 radical (unpaired) electrons. The molecular formula is C8H8FNO4STi. The first-order chi connectivity index (χ1) is 6.95. The number of nitrogens with two attached hydrogens (primary N) is 1. The first-order valence-electron chi connectivity index (χ1n) is 3.84. The summed E-state index contributed by atoms with van der Waals surface area (Å²) in [5, 5.41) is 0. The van der Waals surface area contributed by atoms with Crippen LogP contribution < -0.4 is 5.73 Å². The van der Waals surface area contributed by atoms with E-state index in [9.17, 15) is 17.6 Å². The maximum absolute atomic E-state index is 11.7. The topological polar surface area (TPSA) is 86.5 Å². The van der Waals surface area contributed by atoms with E-state index in [0.717, 1.165) is 12.1 Å². The Labute approximate surface area is 107 Å². The molecule has 0 heterocycles. The molecule has 2 N–H and O–H groups in total. The van der Waals surface area contributed by atoms with Gasteiger partial charge in [-0.2, -0.15) is 8.42 Å². The first-order valence-corrected chi connectivity index (χ1v) is 5.25. The summed E-state index contributed by atoms with van der Waals surface area (Å²) in [6.45, 7) is -1.49. The molecular weight excluding hydrogens is 273 g/mol. The molecule has 0 saturated heterocycles. The molecule has 0 bridgehead atoms. The van der Waals surface area contributed by atoms with Crippen molar-refractivity contribution in [3.8, 4) is 0 Å². The van der Waals surface area contributed by atoms with Gasteiger partial charge in [-0.3, -0.25) is 0 Å². The number of anilines is 1. The van der Waals surface area contributed by atoms with E-state index in [4.69, 9.17) is 5.73 Å². The summed E-state index contributed by atoms with van der Waals surface area (Å²) in [5.74, 6) is -1.45. The standard InChI is InChI=1S/C8H8FNO4S.Ti/c9-5-8(11)14-15(12,13)7-3-1-6(10)2-4-7;/h1-4H,5,10H2;. The Balaban J connectivity index is 0.00000225. The Morgan fingerprint density at radius 1 is 1.31 bits per heavy atom. The van der Waals surface area contributed by atoms with Gasteiger partial charge in [0.05, 0.1) is 0 Å². The van der Waals surface area contributed by atoms with E-state index in [0.29, 0.717) is 5.69 Å². The number of benzene rings is 1. The zero-order valence-electron chi connectivity index (χ0n) is 8.01. The fraction of sp³-hybridized carbons (Fsp3) is 0.125. The normalized spacial score (nSPS) is 10.3. The van der Waals surface area contributed by atoms with Crippen LogP contribution in [0.3, 0.4) is 0 Å². The maximum Gasteiger partial charge on any atom is 0.353 e. The second kappa shape index (κ2) is 5.98. The zero-order chi connectivity index (χ0) is 11.5. The third-order valence-corrected chi connectivity index (χ3v) is 2.74. The minimum absolute atomic E-state index is 0. The number of alkyl halides is 1. The Kier molecular flexibility index (Phi) is 5.64. The van der Waals surface area contributed by atoms with E-state index in [-0.39, 0.29) is 26.6 Å². The smallest absolute Gasteiger partial charge is 0.353 e. The van der Waals surface area contributed by atoms with Crippen LogP contribution in [0.15, 0.2) is 29.2 Å². The van der Waals surface area contributed by atoms with Crippen molar-refractivity contribution in [3.05, 3.63) is 24.3 Å². The number of hydrogen-bond donors (Lipinski definition) is 1. The fourth-order valence-electron chi connectivity index (χ4n) is 0.827. The predicted octanol–water partition coefficient (Wildman–Crippen LogP) is 0.468. The molecule has 0 aliphatic carbocycles. The molecule has 16 heavy (non-hydrogen) atoms. The van der Waals surface area contributed by atoms with E-state index in [1.165, 1.54) is 12.1 Å². The minimum atomic E-state index is -4.23. The maximum atomic E-state index is 11.7. The average molecular weight is 281 g/mol. The van der Waals surface area contributed by atoms with Crippen LogP contribution in [0.25, 0.3) is 0 Å². The van der Waals surface area contributed by atoms with Gasteiger partial charge < -0.3 is 9.92 Å². The van der Waals surface area contributed by atoms with E-state index in [1.54, 1.807) is 0 Å². The summed E-state index contributed by atoms with van der Waals surface area (Å²) >= 11 is 0. The van der Waals surface area contributed by atoms with Crippen molar-refractivity contribution in [2.24, 2.45) is 0 Å². The number of hydrogen-bond acceptors (Lipinski definition) is 5. The Hall–Kier alpha value is -0.916. The van der Waals surface area contributed by atoms with Gasteiger partial charge in [0, 0.05) is 27.4 Å². The van der Waals surface area contributed by atoms with Crippen LogP contribution in [0.1, 0.15) is 0 Å². The van der Waals surface area contributed by atoms with Crippen molar-refractivity contribution in [1.29, 1.82) is 0 Å². The first kappa shape index (κ1) is 15.1.